The van der Waals surface area contributed by atoms with Crippen molar-refractivity contribution in [2.75, 3.05) is 6.54 Å². The van der Waals surface area contributed by atoms with Crippen molar-refractivity contribution in [3.63, 3.8) is 0 Å². The van der Waals surface area contributed by atoms with Crippen LogP contribution in [-0.4, -0.2) is 49.7 Å². The van der Waals surface area contributed by atoms with Crippen LogP contribution in [-0.2, 0) is 0 Å². The predicted octanol–water partition coefficient (Wildman–Crippen LogP) is 2.17. The SMILES string of the molecule is Oc1cc(-n2ccnc2)ccc1-c1nnc(O[C@@H]2C3CNC(C3)[C@H]2F)s1. The number of aromatic nitrogens is 4. The van der Waals surface area contributed by atoms with Gasteiger partial charge < -0.3 is 19.7 Å². The number of halogens is 1. The van der Waals surface area contributed by atoms with E-state index in [0.29, 0.717) is 15.8 Å². The van der Waals surface area contributed by atoms with Crippen molar-refractivity contribution >= 4 is 11.3 Å². The fourth-order valence-corrected chi connectivity index (χ4v) is 4.47. The van der Waals surface area contributed by atoms with Gasteiger partial charge in [-0.15, -0.1) is 5.10 Å². The topological polar surface area (TPSA) is 85.1 Å². The summed E-state index contributed by atoms with van der Waals surface area (Å²) >= 11 is 1.21. The number of alkyl halides is 1. The zero-order valence-corrected chi connectivity index (χ0v) is 14.4. The van der Waals surface area contributed by atoms with Gasteiger partial charge in [-0.3, -0.25) is 0 Å². The van der Waals surface area contributed by atoms with Gasteiger partial charge in [-0.2, -0.15) is 0 Å². The third kappa shape index (κ3) is 2.55. The van der Waals surface area contributed by atoms with Gasteiger partial charge in [0.2, 0.25) is 0 Å². The number of hydrogen-bond acceptors (Lipinski definition) is 7. The Balaban J connectivity index is 1.37. The highest BCUT2D eigenvalue weighted by atomic mass is 32.1. The number of aromatic hydroxyl groups is 1. The van der Waals surface area contributed by atoms with Crippen LogP contribution in [0.1, 0.15) is 6.42 Å². The molecule has 7 nitrogen and oxygen atoms in total. The Morgan fingerprint density at radius 3 is 3.00 bits per heavy atom. The molecule has 3 heterocycles. The van der Waals surface area contributed by atoms with Crippen LogP contribution < -0.4 is 10.1 Å². The number of nitrogens with one attached hydrogen (secondary N) is 1. The first-order valence-corrected chi connectivity index (χ1v) is 9.20. The zero-order valence-electron chi connectivity index (χ0n) is 13.6. The summed E-state index contributed by atoms with van der Waals surface area (Å²) in [5, 5.41) is 22.5. The van der Waals surface area contributed by atoms with Crippen LogP contribution in [0.2, 0.25) is 0 Å². The van der Waals surface area contributed by atoms with Crippen molar-refractivity contribution < 1.29 is 14.2 Å². The molecule has 2 aromatic heterocycles. The number of phenolic OH excluding ortho intramolecular Hbond substituents is 1. The fraction of sp³-hybridized carbons (Fsp3) is 0.353. The Morgan fingerprint density at radius 1 is 1.35 bits per heavy atom. The second-order valence-corrected chi connectivity index (χ2v) is 7.52. The van der Waals surface area contributed by atoms with E-state index in [2.05, 4.69) is 20.5 Å². The lowest BCUT2D eigenvalue weighted by molar-refractivity contribution is 0.0652. The van der Waals surface area contributed by atoms with Crippen molar-refractivity contribution in [1.29, 1.82) is 0 Å². The second-order valence-electron chi connectivity index (χ2n) is 6.58. The smallest absolute Gasteiger partial charge is 0.294 e. The molecule has 1 aliphatic heterocycles. The van der Waals surface area contributed by atoms with Crippen LogP contribution in [0, 0.1) is 5.92 Å². The average Bonchev–Trinajstić information content (AvgIpc) is 3.42. The maximum absolute atomic E-state index is 14.3. The molecule has 3 aromatic rings. The molecule has 1 saturated heterocycles. The minimum absolute atomic E-state index is 0.0893. The summed E-state index contributed by atoms with van der Waals surface area (Å²) in [4.78, 5) is 3.99. The third-order valence-electron chi connectivity index (χ3n) is 5.02. The molecule has 2 unspecified atom stereocenters. The molecule has 4 atom stereocenters. The molecule has 2 fully saturated rings. The van der Waals surface area contributed by atoms with Crippen molar-refractivity contribution in [3.8, 4) is 27.2 Å². The van der Waals surface area contributed by atoms with Gasteiger partial charge in [0, 0.05) is 37.0 Å². The minimum atomic E-state index is -1.02. The monoisotopic (exact) mass is 373 g/mol. The largest absolute Gasteiger partial charge is 0.507 e. The lowest BCUT2D eigenvalue weighted by atomic mass is 10.1. The molecule has 1 aliphatic carbocycles. The molecule has 26 heavy (non-hydrogen) atoms. The Bertz CT molecular complexity index is 929. The maximum Gasteiger partial charge on any atom is 0.294 e. The molecule has 9 heteroatoms. The molecule has 2 bridgehead atoms. The van der Waals surface area contributed by atoms with E-state index in [9.17, 15) is 9.50 Å². The number of fused-ring (bicyclic) bond motifs is 2. The summed E-state index contributed by atoms with van der Waals surface area (Å²) in [7, 11) is 0. The van der Waals surface area contributed by atoms with E-state index >= 15 is 0 Å². The molecule has 5 rings (SSSR count). The van der Waals surface area contributed by atoms with Crippen molar-refractivity contribution in [2.24, 2.45) is 5.92 Å². The highest BCUT2D eigenvalue weighted by Gasteiger charge is 2.50. The van der Waals surface area contributed by atoms with Gasteiger partial charge in [0.25, 0.3) is 5.19 Å². The number of piperidine rings is 1. The molecule has 0 spiro atoms. The Morgan fingerprint density at radius 2 is 2.27 bits per heavy atom. The van der Waals surface area contributed by atoms with Gasteiger partial charge in [0.05, 0.1) is 17.6 Å². The molecule has 134 valence electrons. The number of nitrogens with zero attached hydrogens (tertiary/aromatic N) is 4. The first-order valence-electron chi connectivity index (χ1n) is 8.38. The summed E-state index contributed by atoms with van der Waals surface area (Å²) in [6.07, 6.45) is 4.42. The molecule has 2 aliphatic rings. The quantitative estimate of drug-likeness (QED) is 0.729. The van der Waals surface area contributed by atoms with Gasteiger partial charge >= 0.3 is 0 Å². The first kappa shape index (κ1) is 15.7. The van der Waals surface area contributed by atoms with Crippen molar-refractivity contribution in [2.45, 2.75) is 24.7 Å². The lowest BCUT2D eigenvalue weighted by Crippen LogP contribution is -2.45. The standard InChI is InChI=1S/C17H16FN5O2S/c18-14-12-5-9(7-20-12)15(14)25-17-22-21-16(26-17)11-2-1-10(6-13(11)24)23-4-3-19-8-23/h1-4,6,8-9,12,14-15,20,24H,5,7H2/t9?,12?,14-,15-/m1/s1. The van der Waals surface area contributed by atoms with E-state index in [1.807, 2.05) is 6.07 Å². The van der Waals surface area contributed by atoms with Crippen LogP contribution in [0.4, 0.5) is 4.39 Å². The molecule has 0 radical (unpaired) electrons. The zero-order chi connectivity index (χ0) is 17.7. The minimum Gasteiger partial charge on any atom is -0.507 e. The van der Waals surface area contributed by atoms with E-state index in [-0.39, 0.29) is 17.7 Å². The van der Waals surface area contributed by atoms with Crippen LogP contribution >= 0.6 is 11.3 Å². The number of phenols is 1. The van der Waals surface area contributed by atoms with Crippen molar-refractivity contribution in [1.82, 2.24) is 25.1 Å². The fourth-order valence-electron chi connectivity index (χ4n) is 3.69. The van der Waals surface area contributed by atoms with E-state index in [4.69, 9.17) is 4.74 Å². The predicted molar refractivity (Wildman–Crippen MR) is 93.3 cm³/mol. The molecular formula is C17H16FN5O2S. The first-order chi connectivity index (χ1) is 12.7. The maximum atomic E-state index is 14.3. The number of benzene rings is 1. The second kappa shape index (κ2) is 6.03. The Hall–Kier alpha value is -2.52. The molecule has 1 aromatic carbocycles. The van der Waals surface area contributed by atoms with E-state index < -0.39 is 12.3 Å². The molecular weight excluding hydrogens is 357 g/mol. The summed E-state index contributed by atoms with van der Waals surface area (Å²) in [6, 6.07) is 5.15. The normalized spacial score (nSPS) is 27.1. The van der Waals surface area contributed by atoms with Gasteiger partial charge in [-0.05, 0) is 18.6 Å². The van der Waals surface area contributed by atoms with Crippen molar-refractivity contribution in [3.05, 3.63) is 36.9 Å². The Labute approximate surface area is 152 Å². The number of imidazole rings is 1. The number of rotatable bonds is 4. The number of ether oxygens (including phenoxy) is 1. The third-order valence-corrected chi connectivity index (χ3v) is 5.87. The van der Waals surface area contributed by atoms with E-state index in [1.165, 1.54) is 11.3 Å². The van der Waals surface area contributed by atoms with Gasteiger partial charge in [0.1, 0.15) is 11.9 Å². The van der Waals surface area contributed by atoms with Gasteiger partial charge in [-0.1, -0.05) is 16.4 Å². The van der Waals surface area contributed by atoms with Crippen LogP contribution in [0.3, 0.4) is 0 Å². The molecule has 2 N–H and O–H groups in total. The van der Waals surface area contributed by atoms with Gasteiger partial charge in [-0.25, -0.2) is 9.37 Å². The van der Waals surface area contributed by atoms with E-state index in [1.54, 1.807) is 35.4 Å². The summed E-state index contributed by atoms with van der Waals surface area (Å²) in [5.74, 6) is 0.261. The highest BCUT2D eigenvalue weighted by Crippen LogP contribution is 2.39. The lowest BCUT2D eigenvalue weighted by Gasteiger charge is -2.25. The number of hydrogen-bond donors (Lipinski definition) is 2. The summed E-state index contributed by atoms with van der Waals surface area (Å²) in [6.45, 7) is 0.776. The molecule has 1 saturated carbocycles. The van der Waals surface area contributed by atoms with Crippen LogP contribution in [0.15, 0.2) is 36.9 Å². The van der Waals surface area contributed by atoms with Gasteiger partial charge in [0.15, 0.2) is 11.2 Å². The van der Waals surface area contributed by atoms with Crippen LogP contribution in [0.25, 0.3) is 16.3 Å². The summed E-state index contributed by atoms with van der Waals surface area (Å²) < 4.78 is 21.8. The Kier molecular flexibility index (Phi) is 3.64. The highest BCUT2D eigenvalue weighted by molar-refractivity contribution is 7.16. The summed E-state index contributed by atoms with van der Waals surface area (Å²) in [5.41, 5.74) is 1.35. The van der Waals surface area contributed by atoms with Crippen LogP contribution in [0.5, 0.6) is 10.9 Å². The molecule has 0 amide bonds. The van der Waals surface area contributed by atoms with E-state index in [0.717, 1.165) is 18.7 Å². The average molecular weight is 373 g/mol.